The fourth-order valence-corrected chi connectivity index (χ4v) is 0.730. The van der Waals surface area contributed by atoms with Gasteiger partial charge in [-0.3, -0.25) is 0 Å². The normalized spacial score (nSPS) is 9.00. The number of unbranched alkanes of at least 4 members (excludes halogenated alkanes) is 1. The van der Waals surface area contributed by atoms with E-state index in [-0.39, 0.29) is 6.61 Å². The molecule has 0 amide bonds. The fraction of sp³-hybridized carbons (Fsp3) is 0.333. The minimum absolute atomic E-state index is 0.169. The first-order chi connectivity index (χ1) is 6.33. The summed E-state index contributed by atoms with van der Waals surface area (Å²) in [7, 11) is 0. The molecule has 68 valence electrons. The minimum atomic E-state index is 0.169. The van der Waals surface area contributed by atoms with Gasteiger partial charge in [0.25, 0.3) is 0 Å². The van der Waals surface area contributed by atoms with Gasteiger partial charge in [-0.15, -0.1) is 10.2 Å². The topological polar surface area (TPSA) is 72.0 Å². The molecule has 0 fully saturated rings. The Morgan fingerprint density at radius 2 is 2.23 bits per heavy atom. The Morgan fingerprint density at radius 3 is 2.85 bits per heavy atom. The van der Waals surface area contributed by atoms with E-state index in [1.54, 1.807) is 12.1 Å². The molecule has 0 spiro atoms. The van der Waals surface area contributed by atoms with Gasteiger partial charge >= 0.3 is 0 Å². The number of aliphatic hydroxyl groups excluding tert-OH is 1. The first-order valence-corrected chi connectivity index (χ1v) is 4.02. The fourth-order valence-electron chi connectivity index (χ4n) is 0.730. The van der Waals surface area contributed by atoms with Crippen molar-refractivity contribution in [3.8, 4) is 11.8 Å². The van der Waals surface area contributed by atoms with Crippen LogP contribution < -0.4 is 5.73 Å². The summed E-state index contributed by atoms with van der Waals surface area (Å²) >= 11 is 0. The van der Waals surface area contributed by atoms with Crippen LogP contribution in [-0.2, 0) is 0 Å². The molecule has 13 heavy (non-hydrogen) atoms. The molecule has 0 aliphatic heterocycles. The lowest BCUT2D eigenvalue weighted by atomic mass is 10.3. The van der Waals surface area contributed by atoms with Crippen LogP contribution in [0.2, 0.25) is 0 Å². The molecule has 0 unspecified atom stereocenters. The van der Waals surface area contributed by atoms with E-state index in [2.05, 4.69) is 22.0 Å². The average molecular weight is 177 g/mol. The number of nitrogens with zero attached hydrogens (tertiary/aromatic N) is 2. The molecule has 1 aromatic heterocycles. The predicted molar refractivity (Wildman–Crippen MR) is 49.6 cm³/mol. The molecule has 0 saturated heterocycles. The Morgan fingerprint density at radius 1 is 1.38 bits per heavy atom. The van der Waals surface area contributed by atoms with Gasteiger partial charge in [-0.2, -0.15) is 0 Å². The second-order valence-corrected chi connectivity index (χ2v) is 2.47. The molecule has 0 bridgehead atoms. The number of aromatic nitrogens is 2. The van der Waals surface area contributed by atoms with Crippen LogP contribution in [0.25, 0.3) is 0 Å². The molecule has 4 nitrogen and oxygen atoms in total. The summed E-state index contributed by atoms with van der Waals surface area (Å²) in [6, 6.07) is 3.37. The monoisotopic (exact) mass is 177 g/mol. The molecule has 0 radical (unpaired) electrons. The Hall–Kier alpha value is -1.60. The number of hydrogen-bond donors (Lipinski definition) is 2. The molecule has 4 heteroatoms. The van der Waals surface area contributed by atoms with E-state index in [1.165, 1.54) is 0 Å². The van der Waals surface area contributed by atoms with Crippen molar-refractivity contribution < 1.29 is 5.11 Å². The van der Waals surface area contributed by atoms with Crippen molar-refractivity contribution in [3.05, 3.63) is 17.8 Å². The summed E-state index contributed by atoms with van der Waals surface area (Å²) in [6.07, 6.45) is 1.36. The van der Waals surface area contributed by atoms with Crippen molar-refractivity contribution in [1.29, 1.82) is 0 Å². The predicted octanol–water partition coefficient (Wildman–Crippen LogP) is 0.183. The van der Waals surface area contributed by atoms with Crippen molar-refractivity contribution in [1.82, 2.24) is 10.2 Å². The Balaban J connectivity index is 2.52. The van der Waals surface area contributed by atoms with Gasteiger partial charge in [0.05, 0.1) is 0 Å². The third-order valence-corrected chi connectivity index (χ3v) is 1.36. The summed E-state index contributed by atoms with van der Waals surface area (Å²) in [5.74, 6) is 6.07. The molecule has 0 aliphatic rings. The van der Waals surface area contributed by atoms with Gasteiger partial charge in [0.15, 0.2) is 0 Å². The Bertz CT molecular complexity index is 310. The van der Waals surface area contributed by atoms with Crippen LogP contribution in [0, 0.1) is 11.8 Å². The van der Waals surface area contributed by atoms with Crippen molar-refractivity contribution in [2.45, 2.75) is 12.8 Å². The molecule has 0 saturated carbocycles. The van der Waals surface area contributed by atoms with Crippen LogP contribution in [0.5, 0.6) is 0 Å². The highest BCUT2D eigenvalue weighted by molar-refractivity contribution is 5.32. The lowest BCUT2D eigenvalue weighted by Crippen LogP contribution is -1.93. The summed E-state index contributed by atoms with van der Waals surface area (Å²) in [5, 5.41) is 15.9. The van der Waals surface area contributed by atoms with Gasteiger partial charge in [-0.1, -0.05) is 5.92 Å². The summed E-state index contributed by atoms with van der Waals surface area (Å²) in [6.45, 7) is 0.169. The molecule has 0 aromatic carbocycles. The van der Waals surface area contributed by atoms with Gasteiger partial charge in [0.2, 0.25) is 0 Å². The number of anilines is 1. The van der Waals surface area contributed by atoms with Crippen LogP contribution in [0.1, 0.15) is 18.5 Å². The second kappa shape index (κ2) is 5.12. The van der Waals surface area contributed by atoms with E-state index in [1.807, 2.05) is 0 Å². The maximum absolute atomic E-state index is 8.49. The van der Waals surface area contributed by atoms with Crippen LogP contribution in [0.3, 0.4) is 0 Å². The molecule has 3 N–H and O–H groups in total. The van der Waals surface area contributed by atoms with E-state index in [0.717, 1.165) is 0 Å². The van der Waals surface area contributed by atoms with Crippen LogP contribution >= 0.6 is 0 Å². The highest BCUT2D eigenvalue weighted by Crippen LogP contribution is 1.95. The Kier molecular flexibility index (Phi) is 3.74. The van der Waals surface area contributed by atoms with Crippen molar-refractivity contribution in [3.63, 3.8) is 0 Å². The van der Waals surface area contributed by atoms with Crippen molar-refractivity contribution in [2.75, 3.05) is 12.3 Å². The molecule has 0 atom stereocenters. The van der Waals surface area contributed by atoms with Crippen LogP contribution in [0.15, 0.2) is 12.1 Å². The van der Waals surface area contributed by atoms with Gasteiger partial charge in [0.1, 0.15) is 11.5 Å². The highest BCUT2D eigenvalue weighted by atomic mass is 16.2. The van der Waals surface area contributed by atoms with E-state index >= 15 is 0 Å². The number of hydrogen-bond acceptors (Lipinski definition) is 4. The number of aliphatic hydroxyl groups is 1. The maximum atomic E-state index is 8.49. The average Bonchev–Trinajstić information content (AvgIpc) is 2.15. The zero-order chi connectivity index (χ0) is 9.52. The molecule has 1 rings (SSSR count). The molecular formula is C9H11N3O. The van der Waals surface area contributed by atoms with Crippen molar-refractivity contribution >= 4 is 5.82 Å². The third kappa shape index (κ3) is 3.54. The molecule has 1 aromatic rings. The quantitative estimate of drug-likeness (QED) is 0.499. The smallest absolute Gasteiger partial charge is 0.146 e. The van der Waals surface area contributed by atoms with E-state index in [9.17, 15) is 0 Å². The first-order valence-electron chi connectivity index (χ1n) is 4.02. The molecular weight excluding hydrogens is 166 g/mol. The minimum Gasteiger partial charge on any atom is -0.396 e. The number of rotatable bonds is 2. The SMILES string of the molecule is Nc1ccc(C#CCCCO)nn1. The zero-order valence-corrected chi connectivity index (χ0v) is 7.20. The summed E-state index contributed by atoms with van der Waals surface area (Å²) in [4.78, 5) is 0. The highest BCUT2D eigenvalue weighted by Gasteiger charge is 1.88. The second-order valence-electron chi connectivity index (χ2n) is 2.47. The largest absolute Gasteiger partial charge is 0.396 e. The van der Waals surface area contributed by atoms with Gasteiger partial charge in [0, 0.05) is 13.0 Å². The van der Waals surface area contributed by atoms with Crippen LogP contribution in [0.4, 0.5) is 5.82 Å². The zero-order valence-electron chi connectivity index (χ0n) is 7.20. The molecule has 0 aliphatic carbocycles. The Labute approximate surface area is 76.8 Å². The van der Waals surface area contributed by atoms with E-state index < -0.39 is 0 Å². The van der Waals surface area contributed by atoms with E-state index in [0.29, 0.717) is 24.4 Å². The summed E-state index contributed by atoms with van der Waals surface area (Å²) in [5.41, 5.74) is 5.95. The van der Waals surface area contributed by atoms with Gasteiger partial charge in [-0.25, -0.2) is 0 Å². The van der Waals surface area contributed by atoms with E-state index in [4.69, 9.17) is 10.8 Å². The van der Waals surface area contributed by atoms with Gasteiger partial charge < -0.3 is 10.8 Å². The first kappa shape index (κ1) is 9.49. The standard InChI is InChI=1S/C9H11N3O/c10-9-6-5-8(11-12-9)4-2-1-3-7-13/h5-6,13H,1,3,7H2,(H2,10,12). The number of nitrogens with two attached hydrogens (primary N) is 1. The lowest BCUT2D eigenvalue weighted by molar-refractivity contribution is 0.290. The van der Waals surface area contributed by atoms with Crippen molar-refractivity contribution in [2.24, 2.45) is 0 Å². The summed E-state index contributed by atoms with van der Waals surface area (Å²) < 4.78 is 0. The third-order valence-electron chi connectivity index (χ3n) is 1.36. The maximum Gasteiger partial charge on any atom is 0.146 e. The number of nitrogen functional groups attached to an aromatic ring is 1. The van der Waals surface area contributed by atoms with Gasteiger partial charge in [-0.05, 0) is 24.5 Å². The van der Waals surface area contributed by atoms with Crippen LogP contribution in [-0.4, -0.2) is 21.9 Å². The molecule has 1 heterocycles. The lowest BCUT2D eigenvalue weighted by Gasteiger charge is -1.89.